The Morgan fingerprint density at radius 2 is 1.34 bits per heavy atom. The third-order valence-corrected chi connectivity index (χ3v) is 6.08. The van der Waals surface area contributed by atoms with Gasteiger partial charge in [-0.2, -0.15) is 0 Å². The van der Waals surface area contributed by atoms with E-state index < -0.39 is 0 Å². The van der Waals surface area contributed by atoms with Gasteiger partial charge in [0.15, 0.2) is 0 Å². The summed E-state index contributed by atoms with van der Waals surface area (Å²) in [6, 6.07) is 35.9. The Morgan fingerprint density at radius 3 is 2.19 bits per heavy atom. The number of nitro groups is 1. The summed E-state index contributed by atoms with van der Waals surface area (Å²) in [4.78, 5) is 11.5. The van der Waals surface area contributed by atoms with Crippen LogP contribution in [0.5, 0.6) is 0 Å². The molecule has 0 aliphatic carbocycles. The number of para-hydroxylation sites is 2. The van der Waals surface area contributed by atoms with E-state index in [1.807, 2.05) is 48.5 Å². The largest absolute Gasteiger partial charge is 0.309 e. The lowest BCUT2D eigenvalue weighted by Crippen LogP contribution is -1.94. The monoisotopic (exact) mass is 414 g/mol. The fourth-order valence-electron chi connectivity index (χ4n) is 4.76. The molecule has 0 N–H and O–H groups in total. The molecule has 0 saturated carbocycles. The molecule has 0 radical (unpaired) electrons. The number of hydrogen-bond acceptors (Lipinski definition) is 2. The quantitative estimate of drug-likeness (QED) is 0.222. The minimum Gasteiger partial charge on any atom is -0.309 e. The minimum atomic E-state index is -0.306. The number of fused-ring (bicyclic) bond motifs is 5. The average molecular weight is 414 g/mol. The Morgan fingerprint density at radius 1 is 0.625 bits per heavy atom. The van der Waals surface area contributed by atoms with Crippen LogP contribution in [0.4, 0.5) is 5.69 Å². The highest BCUT2D eigenvalue weighted by atomic mass is 16.6. The third kappa shape index (κ3) is 2.63. The van der Waals surface area contributed by atoms with E-state index in [4.69, 9.17) is 0 Å². The van der Waals surface area contributed by atoms with Crippen molar-refractivity contribution in [2.75, 3.05) is 0 Å². The highest BCUT2D eigenvalue weighted by Crippen LogP contribution is 2.42. The minimum absolute atomic E-state index is 0.112. The number of hydrogen-bond donors (Lipinski definition) is 0. The van der Waals surface area contributed by atoms with E-state index in [1.54, 1.807) is 12.1 Å². The molecule has 5 aromatic carbocycles. The van der Waals surface area contributed by atoms with Gasteiger partial charge in [-0.3, -0.25) is 10.1 Å². The van der Waals surface area contributed by atoms with Crippen molar-refractivity contribution in [3.63, 3.8) is 0 Å². The first-order valence-electron chi connectivity index (χ1n) is 10.5. The molecule has 0 spiro atoms. The second kappa shape index (κ2) is 7.06. The van der Waals surface area contributed by atoms with Crippen molar-refractivity contribution in [3.8, 4) is 16.8 Å². The second-order valence-corrected chi connectivity index (χ2v) is 7.83. The summed E-state index contributed by atoms with van der Waals surface area (Å²) in [5.74, 6) is 0. The molecule has 0 aliphatic rings. The molecule has 0 atom stereocenters. The molecule has 6 aromatic rings. The molecule has 1 aromatic heterocycles. The number of nitro benzene ring substituents is 1. The maximum atomic E-state index is 11.8. The second-order valence-electron chi connectivity index (χ2n) is 7.83. The molecule has 0 bridgehead atoms. The molecule has 1 heterocycles. The summed E-state index contributed by atoms with van der Waals surface area (Å²) in [6.07, 6.45) is 0. The number of nitrogens with zero attached hydrogens (tertiary/aromatic N) is 2. The van der Waals surface area contributed by atoms with Crippen molar-refractivity contribution in [1.29, 1.82) is 0 Å². The third-order valence-electron chi connectivity index (χ3n) is 6.08. The van der Waals surface area contributed by atoms with Gasteiger partial charge in [-0.15, -0.1) is 0 Å². The Bertz CT molecular complexity index is 1650. The van der Waals surface area contributed by atoms with Gasteiger partial charge in [0, 0.05) is 27.9 Å². The van der Waals surface area contributed by atoms with Gasteiger partial charge in [0.1, 0.15) is 0 Å². The SMILES string of the molecule is O=[N+]([O-])c1ccccc1-c1cccc2c1c1ccc3ccccc3c1n2-c1ccccc1. The fraction of sp³-hybridized carbons (Fsp3) is 0. The molecular formula is C28H18N2O2. The Labute approximate surface area is 184 Å². The summed E-state index contributed by atoms with van der Waals surface area (Å²) in [6.45, 7) is 0. The summed E-state index contributed by atoms with van der Waals surface area (Å²) in [7, 11) is 0. The molecule has 0 unspecified atom stereocenters. The smallest absolute Gasteiger partial charge is 0.277 e. The van der Waals surface area contributed by atoms with E-state index in [0.717, 1.165) is 43.8 Å². The van der Waals surface area contributed by atoms with Gasteiger partial charge in [0.05, 0.1) is 21.5 Å². The lowest BCUT2D eigenvalue weighted by atomic mass is 9.97. The van der Waals surface area contributed by atoms with Crippen molar-refractivity contribution in [3.05, 3.63) is 119 Å². The number of benzene rings is 5. The Balaban J connectivity index is 1.85. The molecule has 0 fully saturated rings. The van der Waals surface area contributed by atoms with Crippen LogP contribution in [0.2, 0.25) is 0 Å². The van der Waals surface area contributed by atoms with Crippen molar-refractivity contribution in [1.82, 2.24) is 4.57 Å². The maximum Gasteiger partial charge on any atom is 0.277 e. The van der Waals surface area contributed by atoms with E-state index in [0.29, 0.717) is 5.56 Å². The zero-order chi connectivity index (χ0) is 21.7. The van der Waals surface area contributed by atoms with Crippen LogP contribution in [0, 0.1) is 10.1 Å². The van der Waals surface area contributed by atoms with Gasteiger partial charge >= 0.3 is 0 Å². The van der Waals surface area contributed by atoms with Gasteiger partial charge < -0.3 is 4.57 Å². The Kier molecular flexibility index (Phi) is 4.05. The molecule has 0 amide bonds. The predicted molar refractivity (Wildman–Crippen MR) is 130 cm³/mol. The van der Waals surface area contributed by atoms with Gasteiger partial charge in [-0.25, -0.2) is 0 Å². The molecule has 0 aliphatic heterocycles. The topological polar surface area (TPSA) is 48.1 Å². The summed E-state index contributed by atoms with van der Waals surface area (Å²) >= 11 is 0. The lowest BCUT2D eigenvalue weighted by molar-refractivity contribution is -0.384. The summed E-state index contributed by atoms with van der Waals surface area (Å²) < 4.78 is 2.27. The predicted octanol–water partition coefficient (Wildman–Crippen LogP) is 7.51. The van der Waals surface area contributed by atoms with E-state index in [1.165, 1.54) is 0 Å². The first kappa shape index (κ1) is 18.3. The molecule has 6 rings (SSSR count). The number of aromatic nitrogens is 1. The van der Waals surface area contributed by atoms with Crippen LogP contribution in [-0.4, -0.2) is 9.49 Å². The Hall–Kier alpha value is -4.44. The molecule has 152 valence electrons. The summed E-state index contributed by atoms with van der Waals surface area (Å²) in [5, 5.41) is 16.2. The van der Waals surface area contributed by atoms with Crippen LogP contribution >= 0.6 is 0 Å². The van der Waals surface area contributed by atoms with Crippen LogP contribution in [0.1, 0.15) is 0 Å². The maximum absolute atomic E-state index is 11.8. The van der Waals surface area contributed by atoms with Gasteiger partial charge in [-0.1, -0.05) is 78.9 Å². The van der Waals surface area contributed by atoms with E-state index >= 15 is 0 Å². The lowest BCUT2D eigenvalue weighted by Gasteiger charge is -2.10. The first-order chi connectivity index (χ1) is 15.7. The molecule has 4 heteroatoms. The molecule has 4 nitrogen and oxygen atoms in total. The zero-order valence-corrected chi connectivity index (χ0v) is 17.1. The number of rotatable bonds is 3. The van der Waals surface area contributed by atoms with Crippen LogP contribution < -0.4 is 0 Å². The summed E-state index contributed by atoms with van der Waals surface area (Å²) in [5.41, 5.74) is 4.80. The van der Waals surface area contributed by atoms with E-state index in [-0.39, 0.29) is 10.6 Å². The normalized spacial score (nSPS) is 11.4. The standard InChI is InChI=1S/C28H18N2O2/c31-30(32)25-15-7-6-13-22(25)23-14-8-16-26-27(23)24-18-17-19-9-4-5-12-21(19)28(24)29(26)20-10-2-1-3-11-20/h1-18H. The van der Waals surface area contributed by atoms with Crippen molar-refractivity contribution in [2.24, 2.45) is 0 Å². The molecule has 32 heavy (non-hydrogen) atoms. The van der Waals surface area contributed by atoms with Crippen LogP contribution in [0.3, 0.4) is 0 Å². The fourth-order valence-corrected chi connectivity index (χ4v) is 4.76. The first-order valence-corrected chi connectivity index (χ1v) is 10.5. The van der Waals surface area contributed by atoms with Crippen molar-refractivity contribution in [2.45, 2.75) is 0 Å². The van der Waals surface area contributed by atoms with Crippen LogP contribution in [-0.2, 0) is 0 Å². The molecular weight excluding hydrogens is 396 g/mol. The van der Waals surface area contributed by atoms with Crippen molar-refractivity contribution >= 4 is 38.3 Å². The van der Waals surface area contributed by atoms with Gasteiger partial charge in [-0.05, 0) is 35.2 Å². The van der Waals surface area contributed by atoms with Gasteiger partial charge in [0.2, 0.25) is 0 Å². The highest BCUT2D eigenvalue weighted by molar-refractivity contribution is 6.22. The van der Waals surface area contributed by atoms with E-state index in [9.17, 15) is 10.1 Å². The van der Waals surface area contributed by atoms with Gasteiger partial charge in [0.25, 0.3) is 5.69 Å². The van der Waals surface area contributed by atoms with Crippen molar-refractivity contribution < 1.29 is 4.92 Å². The molecule has 0 saturated heterocycles. The highest BCUT2D eigenvalue weighted by Gasteiger charge is 2.21. The van der Waals surface area contributed by atoms with Crippen LogP contribution in [0.25, 0.3) is 49.4 Å². The van der Waals surface area contributed by atoms with Crippen LogP contribution in [0.15, 0.2) is 109 Å². The zero-order valence-electron chi connectivity index (χ0n) is 17.1. The van der Waals surface area contributed by atoms with E-state index in [2.05, 4.69) is 53.1 Å². The average Bonchev–Trinajstić information content (AvgIpc) is 3.19.